The third kappa shape index (κ3) is 1.62. The molecule has 2 aromatic rings. The van der Waals surface area contributed by atoms with Gasteiger partial charge in [0.25, 0.3) is 0 Å². The summed E-state index contributed by atoms with van der Waals surface area (Å²) in [4.78, 5) is 0. The molecule has 0 saturated heterocycles. The fourth-order valence-corrected chi connectivity index (χ4v) is 1.95. The Morgan fingerprint density at radius 2 is 1.57 bits per heavy atom. The Kier molecular flexibility index (Phi) is 2.46. The van der Waals surface area contributed by atoms with Gasteiger partial charge in [-0.2, -0.15) is 0 Å². The highest BCUT2D eigenvalue weighted by Crippen LogP contribution is 2.22. The largest absolute Gasteiger partial charge is 0.322 e. The lowest BCUT2D eigenvalue weighted by Crippen LogP contribution is -1.90. The van der Waals surface area contributed by atoms with Crippen LogP contribution < -0.4 is 0 Å². The molecule has 0 atom stereocenters. The molecule has 0 N–H and O–H groups in total. The number of nitrogens with zero attached hydrogens (tertiary/aromatic N) is 1. The van der Waals surface area contributed by atoms with E-state index < -0.39 is 0 Å². The van der Waals surface area contributed by atoms with Crippen molar-refractivity contribution in [2.45, 2.75) is 13.8 Å². The van der Waals surface area contributed by atoms with E-state index in [0.29, 0.717) is 0 Å². The standard InChI is InChI=1S/C12H12BrN/c1-9-7-14(8-10(9)2)12-6-4-3-5-11(12)13/h3-8H,1-2H3. The number of para-hydroxylation sites is 1. The maximum atomic E-state index is 3.55. The maximum Gasteiger partial charge on any atom is 0.0591 e. The number of hydrogen-bond acceptors (Lipinski definition) is 0. The van der Waals surface area contributed by atoms with E-state index in [1.807, 2.05) is 12.1 Å². The van der Waals surface area contributed by atoms with E-state index in [4.69, 9.17) is 0 Å². The van der Waals surface area contributed by atoms with Crippen LogP contribution in [0.4, 0.5) is 0 Å². The number of hydrogen-bond donors (Lipinski definition) is 0. The van der Waals surface area contributed by atoms with Gasteiger partial charge in [-0.25, -0.2) is 0 Å². The lowest BCUT2D eigenvalue weighted by atomic mass is 10.2. The second-order valence-electron chi connectivity index (χ2n) is 3.48. The van der Waals surface area contributed by atoms with E-state index in [-0.39, 0.29) is 0 Å². The molecule has 0 aliphatic carbocycles. The van der Waals surface area contributed by atoms with Crippen LogP contribution >= 0.6 is 15.9 Å². The zero-order valence-corrected chi connectivity index (χ0v) is 9.88. The Balaban J connectivity index is 2.55. The van der Waals surface area contributed by atoms with Crippen molar-refractivity contribution >= 4 is 15.9 Å². The first-order chi connectivity index (χ1) is 6.68. The van der Waals surface area contributed by atoms with Crippen molar-refractivity contribution in [2.24, 2.45) is 0 Å². The van der Waals surface area contributed by atoms with Gasteiger partial charge in [0.05, 0.1) is 5.69 Å². The van der Waals surface area contributed by atoms with Gasteiger partial charge in [0, 0.05) is 16.9 Å². The smallest absolute Gasteiger partial charge is 0.0591 e. The summed E-state index contributed by atoms with van der Waals surface area (Å²) in [7, 11) is 0. The molecule has 0 fully saturated rings. The molecule has 72 valence electrons. The number of aryl methyl sites for hydroxylation is 2. The third-order valence-electron chi connectivity index (χ3n) is 2.42. The van der Waals surface area contributed by atoms with E-state index in [1.54, 1.807) is 0 Å². The summed E-state index contributed by atoms with van der Waals surface area (Å²) in [6.45, 7) is 4.26. The van der Waals surface area contributed by atoms with Crippen LogP contribution in [0.15, 0.2) is 41.1 Å². The van der Waals surface area contributed by atoms with Crippen LogP contribution in [0.3, 0.4) is 0 Å². The van der Waals surface area contributed by atoms with E-state index in [1.165, 1.54) is 16.8 Å². The molecule has 0 unspecified atom stereocenters. The van der Waals surface area contributed by atoms with Gasteiger partial charge in [0.2, 0.25) is 0 Å². The lowest BCUT2D eigenvalue weighted by molar-refractivity contribution is 1.06. The average Bonchev–Trinajstić information content (AvgIpc) is 2.48. The van der Waals surface area contributed by atoms with E-state index in [2.05, 4.69) is 58.9 Å². The Labute approximate surface area is 92.5 Å². The molecule has 14 heavy (non-hydrogen) atoms. The van der Waals surface area contributed by atoms with Gasteiger partial charge in [0.15, 0.2) is 0 Å². The fraction of sp³-hybridized carbons (Fsp3) is 0.167. The lowest BCUT2D eigenvalue weighted by Gasteiger charge is -2.04. The average molecular weight is 250 g/mol. The molecule has 0 bridgehead atoms. The molecule has 1 heterocycles. The van der Waals surface area contributed by atoms with E-state index in [0.717, 1.165) is 4.47 Å². The van der Waals surface area contributed by atoms with Crippen LogP contribution in [-0.4, -0.2) is 4.57 Å². The number of aromatic nitrogens is 1. The predicted octanol–water partition coefficient (Wildman–Crippen LogP) is 3.86. The molecule has 0 amide bonds. The number of benzene rings is 1. The van der Waals surface area contributed by atoms with Crippen molar-refractivity contribution in [2.75, 3.05) is 0 Å². The molecule has 0 aliphatic rings. The van der Waals surface area contributed by atoms with Crippen molar-refractivity contribution in [3.05, 3.63) is 52.3 Å². The molecule has 2 heteroatoms. The Morgan fingerprint density at radius 1 is 1.00 bits per heavy atom. The van der Waals surface area contributed by atoms with Crippen molar-refractivity contribution in [1.82, 2.24) is 4.57 Å². The van der Waals surface area contributed by atoms with Gasteiger partial charge < -0.3 is 4.57 Å². The van der Waals surface area contributed by atoms with Crippen molar-refractivity contribution in [3.63, 3.8) is 0 Å². The monoisotopic (exact) mass is 249 g/mol. The summed E-state index contributed by atoms with van der Waals surface area (Å²) in [5, 5.41) is 0. The van der Waals surface area contributed by atoms with E-state index in [9.17, 15) is 0 Å². The van der Waals surface area contributed by atoms with Crippen molar-refractivity contribution < 1.29 is 0 Å². The number of rotatable bonds is 1. The molecule has 0 radical (unpaired) electrons. The van der Waals surface area contributed by atoms with Gasteiger partial charge in [-0.05, 0) is 53.0 Å². The highest BCUT2D eigenvalue weighted by molar-refractivity contribution is 9.10. The fourth-order valence-electron chi connectivity index (χ4n) is 1.46. The van der Waals surface area contributed by atoms with Crippen LogP contribution in [0, 0.1) is 13.8 Å². The first-order valence-electron chi connectivity index (χ1n) is 4.58. The summed E-state index contributed by atoms with van der Waals surface area (Å²) in [6, 6.07) is 8.23. The van der Waals surface area contributed by atoms with Crippen LogP contribution in [0.25, 0.3) is 5.69 Å². The van der Waals surface area contributed by atoms with Gasteiger partial charge in [-0.3, -0.25) is 0 Å². The molecule has 0 spiro atoms. The summed E-state index contributed by atoms with van der Waals surface area (Å²) in [5.74, 6) is 0. The number of halogens is 1. The highest BCUT2D eigenvalue weighted by atomic mass is 79.9. The van der Waals surface area contributed by atoms with E-state index >= 15 is 0 Å². The second kappa shape index (κ2) is 3.62. The van der Waals surface area contributed by atoms with Gasteiger partial charge in [-0.1, -0.05) is 12.1 Å². The van der Waals surface area contributed by atoms with Crippen LogP contribution in [0.1, 0.15) is 11.1 Å². The van der Waals surface area contributed by atoms with Gasteiger partial charge >= 0.3 is 0 Å². The summed E-state index contributed by atoms with van der Waals surface area (Å²) in [6.07, 6.45) is 4.30. The molecule has 0 aliphatic heterocycles. The van der Waals surface area contributed by atoms with Crippen molar-refractivity contribution in [1.29, 1.82) is 0 Å². The molecular formula is C12H12BrN. The molecule has 1 nitrogen and oxygen atoms in total. The topological polar surface area (TPSA) is 4.93 Å². The molecule has 2 rings (SSSR count). The predicted molar refractivity (Wildman–Crippen MR) is 62.9 cm³/mol. The molecule has 0 saturated carbocycles. The minimum atomic E-state index is 1.12. The summed E-state index contributed by atoms with van der Waals surface area (Å²) in [5.41, 5.74) is 3.82. The third-order valence-corrected chi connectivity index (χ3v) is 3.09. The molecule has 1 aromatic carbocycles. The zero-order chi connectivity index (χ0) is 10.1. The second-order valence-corrected chi connectivity index (χ2v) is 4.34. The van der Waals surface area contributed by atoms with Crippen LogP contribution in [-0.2, 0) is 0 Å². The SMILES string of the molecule is Cc1cn(-c2ccccc2Br)cc1C. The normalized spacial score (nSPS) is 10.5. The molecule has 1 aromatic heterocycles. The summed E-state index contributed by atoms with van der Waals surface area (Å²) >= 11 is 3.55. The van der Waals surface area contributed by atoms with Crippen LogP contribution in [0.2, 0.25) is 0 Å². The summed E-state index contributed by atoms with van der Waals surface area (Å²) < 4.78 is 3.27. The Hall–Kier alpha value is -1.02. The first kappa shape index (κ1) is 9.53. The first-order valence-corrected chi connectivity index (χ1v) is 5.38. The van der Waals surface area contributed by atoms with Gasteiger partial charge in [0.1, 0.15) is 0 Å². The minimum Gasteiger partial charge on any atom is -0.322 e. The van der Waals surface area contributed by atoms with Crippen LogP contribution in [0.5, 0.6) is 0 Å². The zero-order valence-electron chi connectivity index (χ0n) is 8.29. The van der Waals surface area contributed by atoms with Gasteiger partial charge in [-0.15, -0.1) is 0 Å². The minimum absolute atomic E-state index is 1.12. The Morgan fingerprint density at radius 3 is 2.14 bits per heavy atom. The highest BCUT2D eigenvalue weighted by Gasteiger charge is 2.02. The quantitative estimate of drug-likeness (QED) is 0.724. The Bertz CT molecular complexity index is 438. The maximum absolute atomic E-state index is 3.55. The van der Waals surface area contributed by atoms with Crippen molar-refractivity contribution in [3.8, 4) is 5.69 Å². The molecular weight excluding hydrogens is 238 g/mol.